The van der Waals surface area contributed by atoms with E-state index in [9.17, 15) is 23.1 Å². The summed E-state index contributed by atoms with van der Waals surface area (Å²) in [7, 11) is 1.90. The summed E-state index contributed by atoms with van der Waals surface area (Å²) < 4.78 is 43.4. The van der Waals surface area contributed by atoms with Gasteiger partial charge in [0.1, 0.15) is 17.6 Å². The van der Waals surface area contributed by atoms with Gasteiger partial charge in [0.05, 0.1) is 0 Å². The van der Waals surface area contributed by atoms with E-state index in [-0.39, 0.29) is 84.9 Å². The van der Waals surface area contributed by atoms with Crippen molar-refractivity contribution in [1.82, 2.24) is 14.8 Å². The number of likely N-dealkylation sites (N-methyl/N-ethyl adjacent to an activating group) is 1. The topological polar surface area (TPSA) is 56.7 Å². The second-order valence-electron chi connectivity index (χ2n) is 11.9. The van der Waals surface area contributed by atoms with E-state index in [1.165, 1.54) is 18.3 Å². The van der Waals surface area contributed by atoms with Gasteiger partial charge in [-0.1, -0.05) is 32.0 Å². The Labute approximate surface area is 266 Å². The first-order chi connectivity index (χ1) is 18.5. The third-order valence-electron chi connectivity index (χ3n) is 8.95. The number of benzene rings is 1. The van der Waals surface area contributed by atoms with Gasteiger partial charge >= 0.3 is 5.97 Å². The average Bonchev–Trinajstić information content (AvgIpc) is 3.32. The van der Waals surface area contributed by atoms with Crippen LogP contribution in [0.15, 0.2) is 48.7 Å². The summed E-state index contributed by atoms with van der Waals surface area (Å²) in [5.74, 6) is -3.32. The molecule has 2 aromatic rings. The fourth-order valence-corrected chi connectivity index (χ4v) is 6.81. The largest absolute Gasteiger partial charge is 0.480 e. The van der Waals surface area contributed by atoms with E-state index >= 15 is 0 Å². The molecule has 0 bridgehead atoms. The zero-order valence-corrected chi connectivity index (χ0v) is 27.0. The second-order valence-corrected chi connectivity index (χ2v) is 11.9. The number of rotatable bonds is 11. The zero-order valence-electron chi connectivity index (χ0n) is 24.5. The number of carboxylic acid groups (broad SMARTS) is 1. The van der Waals surface area contributed by atoms with Crippen molar-refractivity contribution in [3.8, 4) is 0 Å². The van der Waals surface area contributed by atoms with E-state index < -0.39 is 17.9 Å². The Morgan fingerprint density at radius 3 is 2.36 bits per heavy atom. The molecule has 0 amide bonds. The van der Waals surface area contributed by atoms with Gasteiger partial charge < -0.3 is 10.0 Å². The highest BCUT2D eigenvalue weighted by Gasteiger charge is 2.42. The van der Waals surface area contributed by atoms with Gasteiger partial charge in [0.15, 0.2) is 0 Å². The molecule has 2 fully saturated rings. The summed E-state index contributed by atoms with van der Waals surface area (Å²) in [4.78, 5) is 20.3. The van der Waals surface area contributed by atoms with E-state index in [1.807, 2.05) is 31.9 Å². The van der Waals surface area contributed by atoms with Gasteiger partial charge in [0.2, 0.25) is 0 Å². The summed E-state index contributed by atoms with van der Waals surface area (Å²) in [6, 6.07) is 11.0. The van der Waals surface area contributed by atoms with Crippen LogP contribution in [-0.4, -0.2) is 64.6 Å². The molecule has 42 heavy (non-hydrogen) atoms. The number of carboxylic acids is 1. The van der Waals surface area contributed by atoms with Crippen LogP contribution in [0.25, 0.3) is 0 Å². The molecule has 1 aromatic carbocycles. The predicted molar refractivity (Wildman–Crippen MR) is 168 cm³/mol. The highest BCUT2D eigenvalue weighted by molar-refractivity contribution is 5.86. The lowest BCUT2D eigenvalue weighted by molar-refractivity contribution is -0.145. The summed E-state index contributed by atoms with van der Waals surface area (Å²) >= 11 is 0. The summed E-state index contributed by atoms with van der Waals surface area (Å²) in [5.41, 5.74) is 0.813. The molecule has 2 aliphatic rings. The molecule has 2 heterocycles. The average molecular weight is 655 g/mol. The molecule has 1 aliphatic heterocycles. The van der Waals surface area contributed by atoms with Gasteiger partial charge in [-0.3, -0.25) is 14.7 Å². The maximum Gasteiger partial charge on any atom is 0.321 e. The number of pyridine rings is 1. The fraction of sp³-hybridized carbons (Fsp3) is 0.613. The van der Waals surface area contributed by atoms with E-state index in [1.54, 1.807) is 24.3 Å². The molecule has 1 aliphatic carbocycles. The molecule has 11 heteroatoms. The molecular formula is C31H45Cl3F3N3O2. The van der Waals surface area contributed by atoms with Crippen molar-refractivity contribution in [2.24, 2.45) is 17.8 Å². The van der Waals surface area contributed by atoms with Crippen molar-refractivity contribution < 1.29 is 23.1 Å². The van der Waals surface area contributed by atoms with Crippen molar-refractivity contribution in [1.29, 1.82) is 0 Å². The van der Waals surface area contributed by atoms with Gasteiger partial charge in [0, 0.05) is 25.2 Å². The minimum atomic E-state index is -2.91. The van der Waals surface area contributed by atoms with Crippen LogP contribution >= 0.6 is 37.2 Å². The second kappa shape index (κ2) is 17.0. The number of hydrogen-bond donors (Lipinski definition) is 1. The summed E-state index contributed by atoms with van der Waals surface area (Å²) in [6.45, 7) is 6.43. The Balaban J connectivity index is 0.00000294. The van der Waals surface area contributed by atoms with Crippen LogP contribution in [-0.2, 0) is 10.7 Å². The number of aromatic nitrogens is 1. The zero-order chi connectivity index (χ0) is 28.2. The Bertz CT molecular complexity index is 1090. The minimum Gasteiger partial charge on any atom is -0.480 e. The van der Waals surface area contributed by atoms with Crippen molar-refractivity contribution in [2.45, 2.75) is 76.3 Å². The van der Waals surface area contributed by atoms with Crippen LogP contribution in [0.1, 0.15) is 69.5 Å². The first-order valence-corrected chi connectivity index (χ1v) is 14.3. The maximum absolute atomic E-state index is 14.6. The van der Waals surface area contributed by atoms with E-state index in [4.69, 9.17) is 0 Å². The number of halogens is 6. The molecule has 238 valence electrons. The first-order valence-electron chi connectivity index (χ1n) is 14.3. The van der Waals surface area contributed by atoms with Crippen molar-refractivity contribution in [3.63, 3.8) is 0 Å². The van der Waals surface area contributed by atoms with Crippen LogP contribution in [0.3, 0.4) is 0 Å². The molecule has 1 N–H and O–H groups in total. The number of likely N-dealkylation sites (tertiary alicyclic amines) is 1. The third kappa shape index (κ3) is 9.71. The minimum absolute atomic E-state index is 0. The predicted octanol–water partition coefficient (Wildman–Crippen LogP) is 7.67. The third-order valence-corrected chi connectivity index (χ3v) is 8.95. The Kier molecular flexibility index (Phi) is 15.6. The maximum atomic E-state index is 14.6. The molecule has 1 saturated carbocycles. The van der Waals surface area contributed by atoms with Crippen LogP contribution in [0.4, 0.5) is 13.2 Å². The molecule has 0 spiro atoms. The Hall–Kier alpha value is -1.58. The number of nitrogens with zero attached hydrogens (tertiary/aromatic N) is 3. The van der Waals surface area contributed by atoms with E-state index in [0.717, 1.165) is 50.9 Å². The van der Waals surface area contributed by atoms with Crippen molar-refractivity contribution in [3.05, 3.63) is 65.7 Å². The molecule has 3 unspecified atom stereocenters. The molecule has 0 radical (unpaired) electrons. The molecule has 4 atom stereocenters. The molecule has 1 aromatic heterocycles. The SMILES string of the molecule is CC(C)[C@H](C(=O)O)N(C)C1CC(CN2CCC(CCC(F)(F)c3ccccn3)CC2)C(c2cccc(F)c2)C1.Cl.Cl.Cl. The first kappa shape index (κ1) is 38.4. The lowest BCUT2D eigenvalue weighted by Crippen LogP contribution is -2.47. The smallest absolute Gasteiger partial charge is 0.321 e. The van der Waals surface area contributed by atoms with Crippen LogP contribution in [0.2, 0.25) is 0 Å². The quantitative estimate of drug-likeness (QED) is 0.270. The van der Waals surface area contributed by atoms with Crippen LogP contribution in [0.5, 0.6) is 0 Å². The number of alkyl halides is 2. The standard InChI is InChI=1S/C31H42F3N3O2.3ClH/c1-21(2)29(30(38)39)36(3)26-18-24(27(19-26)23-7-6-8-25(32)17-23)20-37-15-11-22(12-16-37)10-13-31(33,34)28-9-4-5-14-35-28;;;/h4-9,14,17,21-22,24,26-27,29H,10-13,15-16,18-20H2,1-3H3,(H,38,39);3*1H/t24?,26?,27?,29-;;;/m1.../s1. The normalized spacial score (nSPS) is 22.2. The van der Waals surface area contributed by atoms with Crippen molar-refractivity contribution in [2.75, 3.05) is 26.7 Å². The molecule has 1 saturated heterocycles. The summed E-state index contributed by atoms with van der Waals surface area (Å²) in [5, 5.41) is 9.85. The highest BCUT2D eigenvalue weighted by Crippen LogP contribution is 2.43. The lowest BCUT2D eigenvalue weighted by Gasteiger charge is -2.35. The number of carbonyl (C=O) groups is 1. The number of piperidine rings is 1. The molecular weight excluding hydrogens is 610 g/mol. The number of aliphatic carboxylic acids is 1. The van der Waals surface area contributed by atoms with E-state index in [0.29, 0.717) is 6.42 Å². The van der Waals surface area contributed by atoms with Crippen LogP contribution < -0.4 is 0 Å². The highest BCUT2D eigenvalue weighted by atomic mass is 35.5. The Morgan fingerprint density at radius 2 is 1.79 bits per heavy atom. The Morgan fingerprint density at radius 1 is 1.10 bits per heavy atom. The fourth-order valence-electron chi connectivity index (χ4n) is 6.81. The van der Waals surface area contributed by atoms with Gasteiger partial charge in [-0.25, -0.2) is 4.39 Å². The number of hydrogen-bond acceptors (Lipinski definition) is 4. The molecule has 5 nitrogen and oxygen atoms in total. The van der Waals surface area contributed by atoms with Gasteiger partial charge in [0.25, 0.3) is 5.92 Å². The van der Waals surface area contributed by atoms with Crippen molar-refractivity contribution >= 4 is 43.2 Å². The van der Waals surface area contributed by atoms with Gasteiger partial charge in [-0.05, 0) is 106 Å². The van der Waals surface area contributed by atoms with Crippen LogP contribution in [0, 0.1) is 23.6 Å². The molecule has 4 rings (SSSR count). The monoisotopic (exact) mass is 653 g/mol. The van der Waals surface area contributed by atoms with Gasteiger partial charge in [-0.15, -0.1) is 37.2 Å². The summed E-state index contributed by atoms with van der Waals surface area (Å²) in [6.07, 6.45) is 5.11. The lowest BCUT2D eigenvalue weighted by atomic mass is 9.86. The van der Waals surface area contributed by atoms with E-state index in [2.05, 4.69) is 9.88 Å². The van der Waals surface area contributed by atoms with Gasteiger partial charge in [-0.2, -0.15) is 8.78 Å².